The molecule has 2 amide bonds. The van der Waals surface area contributed by atoms with Crippen LogP contribution in [0.4, 0.5) is 10.5 Å². The summed E-state index contributed by atoms with van der Waals surface area (Å²) in [4.78, 5) is 23.1. The summed E-state index contributed by atoms with van der Waals surface area (Å²) in [6.45, 7) is 3.13. The Kier molecular flexibility index (Phi) is 5.25. The third-order valence-electron chi connectivity index (χ3n) is 4.75. The van der Waals surface area contributed by atoms with Crippen LogP contribution in [0.1, 0.15) is 30.3 Å². The number of halogens is 1. The molecule has 1 aliphatic rings. The van der Waals surface area contributed by atoms with Crippen LogP contribution in [0, 0.1) is 6.92 Å². The number of likely N-dealkylation sites (tertiary alicyclic amines) is 1. The minimum Gasteiger partial charge on any atom is -0.339 e. The Labute approximate surface area is 167 Å². The Bertz CT molecular complexity index is 973. The van der Waals surface area contributed by atoms with Crippen LogP contribution in [0.3, 0.4) is 0 Å². The quantitative estimate of drug-likeness (QED) is 0.703. The number of nitrogens with zero attached hydrogens (tertiary/aromatic N) is 4. The molecule has 1 aromatic carbocycles. The van der Waals surface area contributed by atoms with Gasteiger partial charge in [0.25, 0.3) is 0 Å². The number of rotatable bonds is 3. The average molecular weight is 398 g/mol. The van der Waals surface area contributed by atoms with Gasteiger partial charge in [0.1, 0.15) is 0 Å². The van der Waals surface area contributed by atoms with Gasteiger partial charge in [0.05, 0.1) is 5.92 Å². The van der Waals surface area contributed by atoms with Crippen molar-refractivity contribution < 1.29 is 9.32 Å². The number of nitrogens with one attached hydrogen (secondary N) is 1. The third-order valence-corrected chi connectivity index (χ3v) is 5.00. The Morgan fingerprint density at radius 3 is 2.89 bits per heavy atom. The van der Waals surface area contributed by atoms with Crippen molar-refractivity contribution in [3.05, 3.63) is 59.2 Å². The summed E-state index contributed by atoms with van der Waals surface area (Å²) in [6.07, 6.45) is 3.47. The highest BCUT2D eigenvalue weighted by atomic mass is 35.5. The highest BCUT2D eigenvalue weighted by molar-refractivity contribution is 6.30. The second-order valence-corrected chi connectivity index (χ2v) is 7.30. The molecule has 2 aromatic heterocycles. The van der Waals surface area contributed by atoms with E-state index in [0.717, 1.165) is 29.8 Å². The first kappa shape index (κ1) is 18.4. The molecule has 3 aromatic rings. The number of piperidine rings is 1. The molecular weight excluding hydrogens is 378 g/mol. The second-order valence-electron chi connectivity index (χ2n) is 6.86. The molecule has 8 heteroatoms. The predicted octanol–water partition coefficient (Wildman–Crippen LogP) is 4.50. The summed E-state index contributed by atoms with van der Waals surface area (Å²) in [6, 6.07) is 10.8. The molecule has 1 saturated heterocycles. The van der Waals surface area contributed by atoms with Gasteiger partial charge < -0.3 is 14.7 Å². The number of anilines is 1. The van der Waals surface area contributed by atoms with Gasteiger partial charge in [-0.25, -0.2) is 4.79 Å². The van der Waals surface area contributed by atoms with E-state index in [2.05, 4.69) is 20.4 Å². The van der Waals surface area contributed by atoms with Gasteiger partial charge in [0, 0.05) is 41.3 Å². The van der Waals surface area contributed by atoms with E-state index < -0.39 is 0 Å². The van der Waals surface area contributed by atoms with Crippen molar-refractivity contribution in [1.29, 1.82) is 0 Å². The lowest BCUT2D eigenvalue weighted by molar-refractivity contribution is 0.184. The van der Waals surface area contributed by atoms with Gasteiger partial charge in [0.15, 0.2) is 0 Å². The number of aryl methyl sites for hydroxylation is 1. The SMILES string of the molecule is Cc1cc(NC(=O)N2CCCC(c3nc(-c4ccc(Cl)cc4)no3)C2)ccn1. The molecule has 4 rings (SSSR count). The van der Waals surface area contributed by atoms with Gasteiger partial charge in [-0.15, -0.1) is 0 Å². The van der Waals surface area contributed by atoms with Gasteiger partial charge in [0.2, 0.25) is 11.7 Å². The molecular formula is C20H20ClN5O2. The zero-order valence-electron chi connectivity index (χ0n) is 15.4. The van der Waals surface area contributed by atoms with E-state index in [0.29, 0.717) is 29.8 Å². The molecule has 1 atom stereocenters. The predicted molar refractivity (Wildman–Crippen MR) is 106 cm³/mol. The van der Waals surface area contributed by atoms with E-state index in [-0.39, 0.29) is 11.9 Å². The van der Waals surface area contributed by atoms with E-state index in [1.807, 2.05) is 25.1 Å². The third kappa shape index (κ3) is 4.14. The van der Waals surface area contributed by atoms with Crippen LogP contribution in [-0.4, -0.2) is 39.1 Å². The molecule has 1 aliphatic heterocycles. The van der Waals surface area contributed by atoms with Crippen LogP contribution in [0.2, 0.25) is 5.02 Å². The molecule has 0 saturated carbocycles. The maximum absolute atomic E-state index is 12.6. The number of pyridine rings is 1. The first-order chi connectivity index (χ1) is 13.6. The summed E-state index contributed by atoms with van der Waals surface area (Å²) >= 11 is 5.93. The van der Waals surface area contributed by atoms with E-state index in [1.165, 1.54) is 0 Å². The van der Waals surface area contributed by atoms with E-state index in [1.54, 1.807) is 29.3 Å². The number of carbonyl (C=O) groups is 1. The molecule has 0 radical (unpaired) electrons. The Morgan fingerprint density at radius 1 is 1.29 bits per heavy atom. The molecule has 3 heterocycles. The van der Waals surface area contributed by atoms with Crippen molar-refractivity contribution in [2.24, 2.45) is 0 Å². The maximum atomic E-state index is 12.6. The second kappa shape index (κ2) is 7.98. The van der Waals surface area contributed by atoms with Crippen molar-refractivity contribution in [1.82, 2.24) is 20.0 Å². The molecule has 7 nitrogen and oxygen atoms in total. The molecule has 28 heavy (non-hydrogen) atoms. The number of benzene rings is 1. The van der Waals surface area contributed by atoms with Crippen LogP contribution < -0.4 is 5.32 Å². The fraction of sp³-hybridized carbons (Fsp3) is 0.300. The fourth-order valence-corrected chi connectivity index (χ4v) is 3.43. The summed E-state index contributed by atoms with van der Waals surface area (Å²) in [5.74, 6) is 1.11. The van der Waals surface area contributed by atoms with Crippen molar-refractivity contribution >= 4 is 23.3 Å². The lowest BCUT2D eigenvalue weighted by atomic mass is 9.98. The Morgan fingerprint density at radius 2 is 2.11 bits per heavy atom. The first-order valence-corrected chi connectivity index (χ1v) is 9.54. The smallest absolute Gasteiger partial charge is 0.321 e. The largest absolute Gasteiger partial charge is 0.339 e. The van der Waals surface area contributed by atoms with Crippen LogP contribution in [0.25, 0.3) is 11.4 Å². The average Bonchev–Trinajstić information content (AvgIpc) is 3.19. The summed E-state index contributed by atoms with van der Waals surface area (Å²) in [5, 5.41) is 7.67. The fourth-order valence-electron chi connectivity index (χ4n) is 3.31. The Balaban J connectivity index is 1.43. The number of hydrogen-bond acceptors (Lipinski definition) is 5. The van der Waals surface area contributed by atoms with Crippen molar-refractivity contribution in [2.45, 2.75) is 25.7 Å². The molecule has 0 spiro atoms. The van der Waals surface area contributed by atoms with Gasteiger partial charge in [-0.05, 0) is 56.2 Å². The Hall–Kier alpha value is -2.93. The lowest BCUT2D eigenvalue weighted by Crippen LogP contribution is -2.41. The van der Waals surface area contributed by atoms with Crippen LogP contribution in [0.5, 0.6) is 0 Å². The lowest BCUT2D eigenvalue weighted by Gasteiger charge is -2.31. The maximum Gasteiger partial charge on any atom is 0.321 e. The van der Waals surface area contributed by atoms with Crippen LogP contribution in [-0.2, 0) is 0 Å². The molecule has 1 unspecified atom stereocenters. The van der Waals surface area contributed by atoms with Gasteiger partial charge in [-0.3, -0.25) is 4.98 Å². The molecule has 1 N–H and O–H groups in total. The highest BCUT2D eigenvalue weighted by Crippen LogP contribution is 2.28. The summed E-state index contributed by atoms with van der Waals surface area (Å²) in [5.41, 5.74) is 2.44. The molecule has 0 bridgehead atoms. The first-order valence-electron chi connectivity index (χ1n) is 9.16. The van der Waals surface area contributed by atoms with Gasteiger partial charge >= 0.3 is 6.03 Å². The number of urea groups is 1. The molecule has 1 fully saturated rings. The van der Waals surface area contributed by atoms with Crippen LogP contribution in [0.15, 0.2) is 47.1 Å². The van der Waals surface area contributed by atoms with Crippen molar-refractivity contribution in [3.8, 4) is 11.4 Å². The minimum absolute atomic E-state index is 0.0206. The van der Waals surface area contributed by atoms with Crippen LogP contribution >= 0.6 is 11.6 Å². The zero-order chi connectivity index (χ0) is 19.5. The number of carbonyl (C=O) groups excluding carboxylic acids is 1. The van der Waals surface area contributed by atoms with Gasteiger partial charge in [-0.1, -0.05) is 16.8 Å². The monoisotopic (exact) mass is 397 g/mol. The summed E-state index contributed by atoms with van der Waals surface area (Å²) in [7, 11) is 0. The standard InChI is InChI=1S/C20H20ClN5O2/c1-13-11-17(8-9-22-13)23-20(27)26-10-2-3-15(12-26)19-24-18(25-28-19)14-4-6-16(21)7-5-14/h4-9,11,15H,2-3,10,12H2,1H3,(H,22,23,27). The number of amides is 2. The summed E-state index contributed by atoms with van der Waals surface area (Å²) < 4.78 is 5.49. The highest BCUT2D eigenvalue weighted by Gasteiger charge is 2.28. The van der Waals surface area contributed by atoms with Crippen molar-refractivity contribution in [2.75, 3.05) is 18.4 Å². The van der Waals surface area contributed by atoms with E-state index in [4.69, 9.17) is 16.1 Å². The van der Waals surface area contributed by atoms with E-state index in [9.17, 15) is 4.79 Å². The minimum atomic E-state index is -0.132. The zero-order valence-corrected chi connectivity index (χ0v) is 16.2. The van der Waals surface area contributed by atoms with Crippen molar-refractivity contribution in [3.63, 3.8) is 0 Å². The topological polar surface area (TPSA) is 84.2 Å². The number of hydrogen-bond donors (Lipinski definition) is 1. The van der Waals surface area contributed by atoms with Gasteiger partial charge in [-0.2, -0.15) is 4.98 Å². The normalized spacial score (nSPS) is 16.8. The number of aromatic nitrogens is 3. The van der Waals surface area contributed by atoms with E-state index >= 15 is 0 Å². The molecule has 0 aliphatic carbocycles. The molecule has 144 valence electrons.